The zero-order chi connectivity index (χ0) is 14.0. The molecular weight excluding hydrogens is 345 g/mol. The van der Waals surface area contributed by atoms with Crippen LogP contribution in [0, 0.1) is 0 Å². The molecule has 0 aliphatic heterocycles. The van der Waals surface area contributed by atoms with Crippen molar-refractivity contribution < 1.29 is 14.6 Å². The molecule has 0 radical (unpaired) electrons. The van der Waals surface area contributed by atoms with Crippen molar-refractivity contribution in [1.82, 2.24) is 0 Å². The summed E-state index contributed by atoms with van der Waals surface area (Å²) in [5, 5.41) is 8.67. The molecule has 0 spiro atoms. The van der Waals surface area contributed by atoms with Crippen LogP contribution >= 0.6 is 58.0 Å². The average Bonchev–Trinajstić information content (AvgIpc) is 2.34. The molecule has 1 aromatic rings. The summed E-state index contributed by atoms with van der Waals surface area (Å²) >= 11 is 29.3. The highest BCUT2D eigenvalue weighted by Gasteiger charge is 2.25. The fraction of sp³-hybridized carbons (Fsp3) is 0.300. The first-order chi connectivity index (χ1) is 8.31. The molecule has 0 aromatic heterocycles. The van der Waals surface area contributed by atoms with E-state index in [9.17, 15) is 4.79 Å². The lowest BCUT2D eigenvalue weighted by Crippen LogP contribution is -2.26. The van der Waals surface area contributed by atoms with Gasteiger partial charge in [0.15, 0.2) is 11.9 Å². The van der Waals surface area contributed by atoms with E-state index in [1.54, 1.807) is 6.92 Å². The third-order valence-corrected chi connectivity index (χ3v) is 4.32. The Balaban J connectivity index is 3.29. The average molecular weight is 352 g/mol. The van der Waals surface area contributed by atoms with Gasteiger partial charge in [0.1, 0.15) is 10.0 Å². The Kier molecular flexibility index (Phi) is 5.68. The third-order valence-electron chi connectivity index (χ3n) is 2.08. The van der Waals surface area contributed by atoms with Crippen molar-refractivity contribution in [3.63, 3.8) is 0 Å². The Labute approximate surface area is 128 Å². The third kappa shape index (κ3) is 3.09. The number of ether oxygens (including phenoxy) is 1. The maximum atomic E-state index is 10.9. The lowest BCUT2D eigenvalue weighted by Gasteiger charge is -2.17. The van der Waals surface area contributed by atoms with E-state index < -0.39 is 12.1 Å². The molecule has 0 aliphatic carbocycles. The lowest BCUT2D eigenvalue weighted by atomic mass is 10.2. The van der Waals surface area contributed by atoms with Gasteiger partial charge in [-0.2, -0.15) is 0 Å². The largest absolute Gasteiger partial charge is 0.479 e. The van der Waals surface area contributed by atoms with E-state index in [4.69, 9.17) is 67.8 Å². The van der Waals surface area contributed by atoms with Gasteiger partial charge >= 0.3 is 5.97 Å². The van der Waals surface area contributed by atoms with Crippen LogP contribution in [0.2, 0.25) is 25.1 Å². The van der Waals surface area contributed by atoms with Gasteiger partial charge in [0, 0.05) is 0 Å². The zero-order valence-electron chi connectivity index (χ0n) is 8.94. The van der Waals surface area contributed by atoms with Gasteiger partial charge in [-0.3, -0.25) is 0 Å². The van der Waals surface area contributed by atoms with Crippen LogP contribution in [0.4, 0.5) is 0 Å². The summed E-state index contributed by atoms with van der Waals surface area (Å²) in [5.74, 6) is -1.24. The van der Waals surface area contributed by atoms with Gasteiger partial charge < -0.3 is 9.84 Å². The van der Waals surface area contributed by atoms with Crippen LogP contribution in [0.5, 0.6) is 5.75 Å². The minimum atomic E-state index is -1.15. The Hall–Kier alpha value is -0.0600. The fourth-order valence-corrected chi connectivity index (χ4v) is 2.35. The van der Waals surface area contributed by atoms with E-state index >= 15 is 0 Å². The first-order valence-corrected chi connectivity index (χ1v) is 6.61. The van der Waals surface area contributed by atoms with E-state index in [1.807, 2.05) is 0 Å². The summed E-state index contributed by atoms with van der Waals surface area (Å²) in [7, 11) is 0. The van der Waals surface area contributed by atoms with Gasteiger partial charge in [-0.15, -0.1) is 0 Å². The predicted molar refractivity (Wildman–Crippen MR) is 73.8 cm³/mol. The molecule has 0 fully saturated rings. The number of hydrogen-bond acceptors (Lipinski definition) is 2. The normalized spacial score (nSPS) is 12.3. The second-order valence-corrected chi connectivity index (χ2v) is 5.14. The highest BCUT2D eigenvalue weighted by Crippen LogP contribution is 2.48. The van der Waals surface area contributed by atoms with Crippen molar-refractivity contribution in [1.29, 1.82) is 0 Å². The molecule has 0 heterocycles. The van der Waals surface area contributed by atoms with Crippen molar-refractivity contribution in [2.45, 2.75) is 19.4 Å². The molecule has 1 aromatic carbocycles. The Morgan fingerprint density at radius 1 is 1.06 bits per heavy atom. The van der Waals surface area contributed by atoms with Gasteiger partial charge in [-0.25, -0.2) is 4.79 Å². The summed E-state index contributed by atoms with van der Waals surface area (Å²) in [4.78, 5) is 10.9. The molecule has 1 N–H and O–H groups in total. The van der Waals surface area contributed by atoms with Crippen molar-refractivity contribution in [2.24, 2.45) is 0 Å². The minimum absolute atomic E-state index is 0.0101. The first kappa shape index (κ1) is 16.0. The highest BCUT2D eigenvalue weighted by atomic mass is 35.5. The van der Waals surface area contributed by atoms with E-state index in [1.165, 1.54) is 0 Å². The van der Waals surface area contributed by atoms with Crippen molar-refractivity contribution in [2.75, 3.05) is 0 Å². The highest BCUT2D eigenvalue weighted by molar-refractivity contribution is 6.55. The fourth-order valence-electron chi connectivity index (χ4n) is 1.14. The zero-order valence-corrected chi connectivity index (χ0v) is 12.7. The SMILES string of the molecule is CCC(Oc1c(Cl)c(Cl)c(Cl)c(Cl)c1Cl)C(=O)O. The molecule has 1 unspecified atom stereocenters. The summed E-state index contributed by atoms with van der Waals surface area (Å²) in [6, 6.07) is 0. The standard InChI is InChI=1S/C10H7Cl5O3/c1-2-3(10(16)17)18-9-7(14)5(12)4(11)6(13)8(9)15/h3H,2H2,1H3,(H,16,17). The molecule has 1 atom stereocenters. The Morgan fingerprint density at radius 3 is 1.78 bits per heavy atom. The van der Waals surface area contributed by atoms with Crippen molar-refractivity contribution >= 4 is 64.0 Å². The van der Waals surface area contributed by atoms with Crippen LogP contribution < -0.4 is 4.74 Å². The lowest BCUT2D eigenvalue weighted by molar-refractivity contribution is -0.145. The second-order valence-electron chi connectivity index (χ2n) is 3.25. The van der Waals surface area contributed by atoms with Crippen LogP contribution in [0.1, 0.15) is 13.3 Å². The van der Waals surface area contributed by atoms with Crippen LogP contribution in [0.15, 0.2) is 0 Å². The summed E-state index contributed by atoms with van der Waals surface area (Å²) in [5.41, 5.74) is 0. The maximum absolute atomic E-state index is 10.9. The summed E-state index contributed by atoms with van der Waals surface area (Å²) in [6.45, 7) is 1.64. The molecule has 0 saturated carbocycles. The quantitative estimate of drug-likeness (QED) is 0.599. The number of aliphatic carboxylic acids is 1. The predicted octanol–water partition coefficient (Wildman–Crippen LogP) is 5.20. The molecule has 0 aliphatic rings. The van der Waals surface area contributed by atoms with E-state index in [2.05, 4.69) is 0 Å². The smallest absolute Gasteiger partial charge is 0.344 e. The van der Waals surface area contributed by atoms with Gasteiger partial charge in [-0.05, 0) is 6.42 Å². The Bertz CT molecular complexity index is 460. The van der Waals surface area contributed by atoms with E-state index in [-0.39, 0.29) is 37.3 Å². The molecule has 0 amide bonds. The van der Waals surface area contributed by atoms with E-state index in [0.29, 0.717) is 0 Å². The topological polar surface area (TPSA) is 46.5 Å². The summed E-state index contributed by atoms with van der Waals surface area (Å²) in [6.07, 6.45) is -0.881. The van der Waals surface area contributed by atoms with Crippen molar-refractivity contribution in [3.8, 4) is 5.75 Å². The molecule has 100 valence electrons. The van der Waals surface area contributed by atoms with E-state index in [0.717, 1.165) is 0 Å². The monoisotopic (exact) mass is 350 g/mol. The molecule has 3 nitrogen and oxygen atoms in total. The number of benzene rings is 1. The van der Waals surface area contributed by atoms with Crippen LogP contribution in [0.25, 0.3) is 0 Å². The van der Waals surface area contributed by atoms with Crippen LogP contribution in [-0.2, 0) is 4.79 Å². The second kappa shape index (κ2) is 6.40. The molecule has 0 bridgehead atoms. The van der Waals surface area contributed by atoms with Gasteiger partial charge in [0.05, 0.1) is 15.1 Å². The number of rotatable bonds is 4. The summed E-state index contributed by atoms with van der Waals surface area (Å²) < 4.78 is 5.21. The molecule has 0 saturated heterocycles. The van der Waals surface area contributed by atoms with Crippen molar-refractivity contribution in [3.05, 3.63) is 25.1 Å². The number of carbonyl (C=O) groups is 1. The maximum Gasteiger partial charge on any atom is 0.344 e. The molecule has 18 heavy (non-hydrogen) atoms. The minimum Gasteiger partial charge on any atom is -0.479 e. The number of carboxylic acid groups (broad SMARTS) is 1. The van der Waals surface area contributed by atoms with Crippen LogP contribution in [-0.4, -0.2) is 17.2 Å². The van der Waals surface area contributed by atoms with Gasteiger partial charge in [0.25, 0.3) is 0 Å². The number of halogens is 5. The molecule has 8 heteroatoms. The number of hydrogen-bond donors (Lipinski definition) is 1. The first-order valence-electron chi connectivity index (χ1n) is 4.72. The molecule has 1 rings (SSSR count). The van der Waals surface area contributed by atoms with Crippen LogP contribution in [0.3, 0.4) is 0 Å². The van der Waals surface area contributed by atoms with Gasteiger partial charge in [0.2, 0.25) is 0 Å². The molecular formula is C10H7Cl5O3. The Morgan fingerprint density at radius 2 is 1.44 bits per heavy atom. The van der Waals surface area contributed by atoms with Gasteiger partial charge in [-0.1, -0.05) is 64.9 Å². The number of carboxylic acids is 1.